The molecule has 4 nitrogen and oxygen atoms in total. The minimum atomic E-state index is -0.123. The van der Waals surface area contributed by atoms with Crippen molar-refractivity contribution in [2.75, 3.05) is 0 Å². The number of benzene rings is 2. The molecule has 1 aliphatic rings. The normalized spacial score (nSPS) is 19.2. The second-order valence-corrected chi connectivity index (χ2v) is 7.30. The van der Waals surface area contributed by atoms with E-state index in [0.717, 1.165) is 37.7 Å². The average Bonchev–Trinajstić information content (AvgIpc) is 3.36. The predicted molar refractivity (Wildman–Crippen MR) is 108 cm³/mol. The van der Waals surface area contributed by atoms with Crippen LogP contribution in [0.2, 0.25) is 0 Å². The maximum absolute atomic E-state index is 5.99. The van der Waals surface area contributed by atoms with Gasteiger partial charge in [0, 0.05) is 11.3 Å². The maximum Gasteiger partial charge on any atom is 0.247 e. The zero-order valence-corrected chi connectivity index (χ0v) is 15.8. The Labute approximate surface area is 160 Å². The van der Waals surface area contributed by atoms with Crippen LogP contribution in [0.3, 0.4) is 0 Å². The summed E-state index contributed by atoms with van der Waals surface area (Å²) in [5, 5.41) is 8.57. The lowest BCUT2D eigenvalue weighted by Gasteiger charge is -2.24. The summed E-state index contributed by atoms with van der Waals surface area (Å²) in [5.41, 5.74) is 3.27. The van der Waals surface area contributed by atoms with Crippen molar-refractivity contribution in [1.82, 2.24) is 10.2 Å². The molecule has 1 aromatic heterocycles. The minimum absolute atomic E-state index is 0.123. The summed E-state index contributed by atoms with van der Waals surface area (Å²) in [6.45, 7) is 2.23. The Morgan fingerprint density at radius 3 is 2.33 bits per heavy atom. The lowest BCUT2D eigenvalue weighted by atomic mass is 9.87. The summed E-state index contributed by atoms with van der Waals surface area (Å²) in [4.78, 5) is 5.19. The molecule has 4 rings (SSSR count). The van der Waals surface area contributed by atoms with E-state index in [0.29, 0.717) is 18.2 Å². The lowest BCUT2D eigenvalue weighted by molar-refractivity contribution is 0.343. The first-order valence-electron chi connectivity index (χ1n) is 9.80. The monoisotopic (exact) mass is 359 g/mol. The molecule has 0 bridgehead atoms. The third-order valence-corrected chi connectivity index (χ3v) is 5.27. The van der Waals surface area contributed by atoms with Crippen LogP contribution < -0.4 is 0 Å². The second kappa shape index (κ2) is 7.87. The van der Waals surface area contributed by atoms with Crippen LogP contribution in [-0.4, -0.2) is 21.4 Å². The van der Waals surface area contributed by atoms with Crippen LogP contribution in [0.1, 0.15) is 50.5 Å². The summed E-state index contributed by atoms with van der Waals surface area (Å²) >= 11 is 0. The largest absolute Gasteiger partial charge is 0.421 e. The van der Waals surface area contributed by atoms with Gasteiger partial charge in [0.25, 0.3) is 0 Å². The van der Waals surface area contributed by atoms with Crippen molar-refractivity contribution in [2.45, 2.75) is 51.0 Å². The van der Waals surface area contributed by atoms with E-state index in [2.05, 4.69) is 41.4 Å². The van der Waals surface area contributed by atoms with Crippen molar-refractivity contribution in [2.24, 2.45) is 4.99 Å². The summed E-state index contributed by atoms with van der Waals surface area (Å²) < 4.78 is 5.99. The van der Waals surface area contributed by atoms with Gasteiger partial charge >= 0.3 is 0 Å². The number of aromatic nitrogens is 2. The van der Waals surface area contributed by atoms with Gasteiger partial charge in [-0.05, 0) is 37.0 Å². The maximum atomic E-state index is 5.99. The first-order valence-corrected chi connectivity index (χ1v) is 9.80. The average molecular weight is 359 g/mol. The van der Waals surface area contributed by atoms with Gasteiger partial charge < -0.3 is 4.42 Å². The molecule has 1 atom stereocenters. The number of rotatable bonds is 7. The van der Waals surface area contributed by atoms with Crippen molar-refractivity contribution in [3.8, 4) is 11.5 Å². The molecule has 2 aromatic carbocycles. The zero-order valence-electron chi connectivity index (χ0n) is 15.8. The fourth-order valence-electron chi connectivity index (χ4n) is 3.80. The molecule has 3 aromatic rings. The second-order valence-electron chi connectivity index (χ2n) is 7.30. The summed E-state index contributed by atoms with van der Waals surface area (Å²) in [6, 6.07) is 20.4. The first-order chi connectivity index (χ1) is 13.3. The number of hydrogen-bond donors (Lipinski definition) is 0. The molecular formula is C23H25N3O. The molecule has 4 heteroatoms. The fourth-order valence-corrected chi connectivity index (χ4v) is 3.80. The molecule has 0 radical (unpaired) electrons. The van der Waals surface area contributed by atoms with E-state index in [1.54, 1.807) is 0 Å². The van der Waals surface area contributed by atoms with Crippen molar-refractivity contribution in [3.63, 3.8) is 0 Å². The molecule has 27 heavy (non-hydrogen) atoms. The standard InChI is InChI=1S/C23H25N3O/c1-2-3-15-23(16-14-20(24-23)18-10-6-4-7-11-18)17-21-25-26-22(27-21)19-12-8-5-9-13-19/h4-13H,2-3,14-17H2,1H3/t23-/m0/s1. The van der Waals surface area contributed by atoms with E-state index < -0.39 is 0 Å². The van der Waals surface area contributed by atoms with E-state index >= 15 is 0 Å². The summed E-state index contributed by atoms with van der Waals surface area (Å²) in [6.07, 6.45) is 6.14. The molecular weight excluding hydrogens is 334 g/mol. The topological polar surface area (TPSA) is 51.3 Å². The molecule has 1 aliphatic heterocycles. The molecule has 0 spiro atoms. The van der Waals surface area contributed by atoms with Crippen LogP contribution in [0, 0.1) is 0 Å². The number of aliphatic imine (C=N–C) groups is 1. The smallest absolute Gasteiger partial charge is 0.247 e. The Morgan fingerprint density at radius 2 is 1.63 bits per heavy atom. The van der Waals surface area contributed by atoms with Gasteiger partial charge in [0.2, 0.25) is 11.8 Å². The van der Waals surface area contributed by atoms with Crippen molar-refractivity contribution in [1.29, 1.82) is 0 Å². The van der Waals surface area contributed by atoms with E-state index in [1.165, 1.54) is 11.3 Å². The molecule has 0 fully saturated rings. The highest BCUT2D eigenvalue weighted by Crippen LogP contribution is 2.36. The molecule has 0 saturated carbocycles. The summed E-state index contributed by atoms with van der Waals surface area (Å²) in [5.74, 6) is 1.27. The Bertz CT molecular complexity index is 902. The van der Waals surface area contributed by atoms with Crippen LogP contribution in [0.5, 0.6) is 0 Å². The molecule has 0 unspecified atom stereocenters. The van der Waals surface area contributed by atoms with Crippen LogP contribution in [0.15, 0.2) is 70.1 Å². The number of unbranched alkanes of at least 4 members (excludes halogenated alkanes) is 1. The van der Waals surface area contributed by atoms with Crippen molar-refractivity contribution in [3.05, 3.63) is 72.1 Å². The molecule has 138 valence electrons. The Morgan fingerprint density at radius 1 is 0.926 bits per heavy atom. The van der Waals surface area contributed by atoms with Crippen molar-refractivity contribution < 1.29 is 4.42 Å². The molecule has 2 heterocycles. The molecule has 0 N–H and O–H groups in total. The van der Waals surface area contributed by atoms with Gasteiger partial charge in [-0.25, -0.2) is 0 Å². The van der Waals surface area contributed by atoms with Gasteiger partial charge in [-0.15, -0.1) is 10.2 Å². The Balaban J connectivity index is 1.58. The zero-order chi connectivity index (χ0) is 18.5. The van der Waals surface area contributed by atoms with Crippen molar-refractivity contribution >= 4 is 5.71 Å². The van der Waals surface area contributed by atoms with Crippen LogP contribution >= 0.6 is 0 Å². The van der Waals surface area contributed by atoms with Crippen LogP contribution in [-0.2, 0) is 6.42 Å². The minimum Gasteiger partial charge on any atom is -0.421 e. The van der Waals surface area contributed by atoms with Crippen LogP contribution in [0.25, 0.3) is 11.5 Å². The molecule has 0 amide bonds. The van der Waals surface area contributed by atoms with Gasteiger partial charge in [-0.2, -0.15) is 0 Å². The number of hydrogen-bond acceptors (Lipinski definition) is 4. The molecule has 0 aliphatic carbocycles. The van der Waals surface area contributed by atoms with E-state index in [-0.39, 0.29) is 5.54 Å². The SMILES string of the molecule is CCCC[C@@]1(Cc2nnc(-c3ccccc3)o2)CCC(c2ccccc2)=N1. The third kappa shape index (κ3) is 4.00. The lowest BCUT2D eigenvalue weighted by Crippen LogP contribution is -2.27. The van der Waals surface area contributed by atoms with E-state index in [9.17, 15) is 0 Å². The fraction of sp³-hybridized carbons (Fsp3) is 0.348. The first kappa shape index (κ1) is 17.7. The van der Waals surface area contributed by atoms with Gasteiger partial charge in [0.15, 0.2) is 0 Å². The Kier molecular flexibility index (Phi) is 5.14. The van der Waals surface area contributed by atoms with Gasteiger partial charge in [0.05, 0.1) is 12.0 Å². The van der Waals surface area contributed by atoms with E-state index in [4.69, 9.17) is 9.41 Å². The quantitative estimate of drug-likeness (QED) is 0.560. The summed E-state index contributed by atoms with van der Waals surface area (Å²) in [7, 11) is 0. The third-order valence-electron chi connectivity index (χ3n) is 5.27. The number of nitrogens with zero attached hydrogens (tertiary/aromatic N) is 3. The molecule has 0 saturated heterocycles. The van der Waals surface area contributed by atoms with E-state index in [1.807, 2.05) is 36.4 Å². The van der Waals surface area contributed by atoms with Gasteiger partial charge in [-0.1, -0.05) is 68.3 Å². The highest BCUT2D eigenvalue weighted by atomic mass is 16.4. The highest BCUT2D eigenvalue weighted by molar-refractivity contribution is 6.02. The highest BCUT2D eigenvalue weighted by Gasteiger charge is 2.36. The Hall–Kier alpha value is -2.75. The van der Waals surface area contributed by atoms with Gasteiger partial charge in [0.1, 0.15) is 0 Å². The van der Waals surface area contributed by atoms with Gasteiger partial charge in [-0.3, -0.25) is 4.99 Å². The van der Waals surface area contributed by atoms with Crippen LogP contribution in [0.4, 0.5) is 0 Å². The predicted octanol–water partition coefficient (Wildman–Crippen LogP) is 5.49.